The fourth-order valence-corrected chi connectivity index (χ4v) is 3.56. The second kappa shape index (κ2) is 6.16. The van der Waals surface area contributed by atoms with Crippen LogP contribution in [0, 0.1) is 13.8 Å². The average molecular weight is 302 g/mol. The third-order valence-electron chi connectivity index (χ3n) is 3.63. The van der Waals surface area contributed by atoms with Gasteiger partial charge < -0.3 is 10.1 Å². The molecule has 1 heterocycles. The van der Waals surface area contributed by atoms with E-state index in [2.05, 4.69) is 55.3 Å². The predicted octanol–water partition coefficient (Wildman–Crippen LogP) is 4.00. The second-order valence-corrected chi connectivity index (χ2v) is 6.80. The van der Waals surface area contributed by atoms with Crippen LogP contribution in [0.15, 0.2) is 24.3 Å². The maximum Gasteiger partial charge on any atom is 0.120 e. The van der Waals surface area contributed by atoms with Crippen molar-refractivity contribution in [2.45, 2.75) is 45.8 Å². The normalized spacial score (nSPS) is 16.0. The smallest absolute Gasteiger partial charge is 0.120 e. The molecule has 1 aliphatic rings. The molecule has 0 radical (unpaired) electrons. The number of aryl methyl sites for hydroxylation is 2. The Labute approximate surface area is 130 Å². The molecule has 1 unspecified atom stereocenters. The zero-order valence-electron chi connectivity index (χ0n) is 12.8. The first-order valence-corrected chi connectivity index (χ1v) is 8.43. The number of thiazole rings is 1. The third-order valence-corrected chi connectivity index (χ3v) is 4.77. The molecule has 2 aromatic rings. The number of hydrogen-bond acceptors (Lipinski definition) is 4. The first-order chi connectivity index (χ1) is 10.2. The summed E-state index contributed by atoms with van der Waals surface area (Å²) in [4.78, 5) is 5.87. The first-order valence-electron chi connectivity index (χ1n) is 7.61. The lowest BCUT2D eigenvalue weighted by Gasteiger charge is -2.18. The summed E-state index contributed by atoms with van der Waals surface area (Å²) in [6, 6.07) is 8.67. The van der Waals surface area contributed by atoms with E-state index in [-0.39, 0.29) is 6.04 Å². The summed E-state index contributed by atoms with van der Waals surface area (Å²) >= 11 is 1.77. The van der Waals surface area contributed by atoms with Crippen LogP contribution in [0.5, 0.6) is 5.75 Å². The molecule has 3 rings (SSSR count). The number of nitrogens with zero attached hydrogens (tertiary/aromatic N) is 1. The van der Waals surface area contributed by atoms with Gasteiger partial charge in [-0.15, -0.1) is 11.3 Å². The molecule has 0 amide bonds. The summed E-state index contributed by atoms with van der Waals surface area (Å²) in [5.41, 5.74) is 2.37. The Morgan fingerprint density at radius 2 is 2.19 bits per heavy atom. The molecule has 0 saturated heterocycles. The highest BCUT2D eigenvalue weighted by atomic mass is 32.1. The molecule has 1 saturated carbocycles. The van der Waals surface area contributed by atoms with Crippen LogP contribution in [0.2, 0.25) is 0 Å². The van der Waals surface area contributed by atoms with Crippen LogP contribution >= 0.6 is 11.3 Å². The summed E-state index contributed by atoms with van der Waals surface area (Å²) in [5, 5.41) is 4.70. The first kappa shape index (κ1) is 14.5. The largest absolute Gasteiger partial charge is 0.490 e. The number of aromatic nitrogens is 1. The van der Waals surface area contributed by atoms with Crippen molar-refractivity contribution in [2.75, 3.05) is 6.54 Å². The zero-order valence-corrected chi connectivity index (χ0v) is 13.7. The molecule has 112 valence electrons. The van der Waals surface area contributed by atoms with E-state index < -0.39 is 0 Å². The third kappa shape index (κ3) is 3.44. The maximum absolute atomic E-state index is 5.93. The molecule has 0 bridgehead atoms. The second-order valence-electron chi connectivity index (χ2n) is 5.56. The molecule has 1 aromatic heterocycles. The van der Waals surface area contributed by atoms with E-state index in [1.54, 1.807) is 11.3 Å². The van der Waals surface area contributed by atoms with Gasteiger partial charge in [0, 0.05) is 4.88 Å². The topological polar surface area (TPSA) is 34.1 Å². The minimum absolute atomic E-state index is 0.198. The van der Waals surface area contributed by atoms with E-state index in [4.69, 9.17) is 4.74 Å². The molecule has 1 fully saturated rings. The molecule has 0 spiro atoms. The number of rotatable bonds is 6. The quantitative estimate of drug-likeness (QED) is 0.876. The molecule has 1 atom stereocenters. The van der Waals surface area contributed by atoms with Crippen molar-refractivity contribution in [3.63, 3.8) is 0 Å². The predicted molar refractivity (Wildman–Crippen MR) is 87.2 cm³/mol. The van der Waals surface area contributed by atoms with Gasteiger partial charge in [-0.1, -0.05) is 19.1 Å². The van der Waals surface area contributed by atoms with Gasteiger partial charge in [-0.3, -0.25) is 0 Å². The molecular formula is C17H22N2OS. The van der Waals surface area contributed by atoms with Gasteiger partial charge in [0.2, 0.25) is 0 Å². The lowest BCUT2D eigenvalue weighted by molar-refractivity contribution is 0.302. The Bertz CT molecular complexity index is 619. The van der Waals surface area contributed by atoms with Crippen molar-refractivity contribution >= 4 is 11.3 Å². The maximum atomic E-state index is 5.93. The van der Waals surface area contributed by atoms with E-state index in [0.29, 0.717) is 6.10 Å². The Kier molecular flexibility index (Phi) is 4.27. The van der Waals surface area contributed by atoms with Gasteiger partial charge in [0.15, 0.2) is 0 Å². The van der Waals surface area contributed by atoms with Crippen molar-refractivity contribution in [3.8, 4) is 5.75 Å². The number of ether oxygens (including phenoxy) is 1. The highest BCUT2D eigenvalue weighted by molar-refractivity contribution is 7.11. The Balaban J connectivity index is 1.90. The van der Waals surface area contributed by atoms with Crippen molar-refractivity contribution < 1.29 is 4.74 Å². The Hall–Kier alpha value is -1.39. The standard InChI is InChI=1S/C17H22N2OS/c1-4-18-16(17-11(2)19-12(3)21-17)13-6-5-7-15(10-13)20-14-8-9-14/h5-7,10,14,16,18H,4,8-9H2,1-3H3. The van der Waals surface area contributed by atoms with Gasteiger partial charge in [-0.05, 0) is 50.9 Å². The molecule has 1 aromatic carbocycles. The lowest BCUT2D eigenvalue weighted by Crippen LogP contribution is -2.21. The van der Waals surface area contributed by atoms with E-state index in [1.165, 1.54) is 23.3 Å². The molecule has 1 N–H and O–H groups in total. The van der Waals surface area contributed by atoms with Gasteiger partial charge in [-0.25, -0.2) is 4.98 Å². The van der Waals surface area contributed by atoms with Crippen LogP contribution in [0.25, 0.3) is 0 Å². The number of nitrogens with one attached hydrogen (secondary N) is 1. The molecule has 3 nitrogen and oxygen atoms in total. The van der Waals surface area contributed by atoms with Gasteiger partial charge in [0.05, 0.1) is 22.8 Å². The highest BCUT2D eigenvalue weighted by Crippen LogP contribution is 2.33. The summed E-state index contributed by atoms with van der Waals surface area (Å²) in [6.45, 7) is 7.22. The van der Waals surface area contributed by atoms with E-state index in [9.17, 15) is 0 Å². The van der Waals surface area contributed by atoms with Crippen LogP contribution < -0.4 is 10.1 Å². The number of hydrogen-bond donors (Lipinski definition) is 1. The lowest BCUT2D eigenvalue weighted by atomic mass is 10.0. The fraction of sp³-hybridized carbons (Fsp3) is 0.471. The molecule has 1 aliphatic carbocycles. The van der Waals surface area contributed by atoms with Gasteiger partial charge in [0.25, 0.3) is 0 Å². The fourth-order valence-electron chi connectivity index (χ4n) is 2.53. The van der Waals surface area contributed by atoms with Gasteiger partial charge >= 0.3 is 0 Å². The molecular weight excluding hydrogens is 280 g/mol. The van der Waals surface area contributed by atoms with Crippen molar-refractivity contribution in [2.24, 2.45) is 0 Å². The van der Waals surface area contributed by atoms with Crippen LogP contribution in [0.3, 0.4) is 0 Å². The van der Waals surface area contributed by atoms with E-state index >= 15 is 0 Å². The van der Waals surface area contributed by atoms with Crippen LogP contribution in [-0.2, 0) is 0 Å². The zero-order chi connectivity index (χ0) is 14.8. The average Bonchev–Trinajstić information content (AvgIpc) is 3.20. The van der Waals surface area contributed by atoms with Gasteiger partial charge in [-0.2, -0.15) is 0 Å². The monoisotopic (exact) mass is 302 g/mol. The molecule has 21 heavy (non-hydrogen) atoms. The highest BCUT2D eigenvalue weighted by Gasteiger charge is 2.24. The minimum atomic E-state index is 0.198. The van der Waals surface area contributed by atoms with Crippen molar-refractivity contribution in [1.82, 2.24) is 10.3 Å². The van der Waals surface area contributed by atoms with Gasteiger partial charge in [0.1, 0.15) is 5.75 Å². The summed E-state index contributed by atoms with van der Waals surface area (Å²) in [5.74, 6) is 0.983. The minimum Gasteiger partial charge on any atom is -0.490 e. The van der Waals surface area contributed by atoms with E-state index in [1.807, 2.05) is 0 Å². The van der Waals surface area contributed by atoms with Crippen LogP contribution in [-0.4, -0.2) is 17.6 Å². The van der Waals surface area contributed by atoms with Crippen molar-refractivity contribution in [1.29, 1.82) is 0 Å². The summed E-state index contributed by atoms with van der Waals surface area (Å²) in [7, 11) is 0. The Morgan fingerprint density at radius 1 is 1.38 bits per heavy atom. The van der Waals surface area contributed by atoms with Crippen molar-refractivity contribution in [3.05, 3.63) is 45.4 Å². The summed E-state index contributed by atoms with van der Waals surface area (Å²) in [6.07, 6.45) is 2.81. The Morgan fingerprint density at radius 3 is 2.81 bits per heavy atom. The van der Waals surface area contributed by atoms with Crippen LogP contribution in [0.4, 0.5) is 0 Å². The number of benzene rings is 1. The summed E-state index contributed by atoms with van der Waals surface area (Å²) < 4.78 is 5.93. The molecule has 0 aliphatic heterocycles. The molecule has 4 heteroatoms. The van der Waals surface area contributed by atoms with Crippen LogP contribution in [0.1, 0.15) is 46.9 Å². The van der Waals surface area contributed by atoms with E-state index in [0.717, 1.165) is 23.0 Å². The SMILES string of the molecule is CCNC(c1cccc(OC2CC2)c1)c1sc(C)nc1C.